The normalized spacial score (nSPS) is 12.5. The average Bonchev–Trinajstić information content (AvgIpc) is 2.53. The van der Waals surface area contributed by atoms with E-state index in [0.717, 1.165) is 24.3 Å². The first-order valence-corrected chi connectivity index (χ1v) is 6.35. The minimum Gasteiger partial charge on any atom is -0.504 e. The van der Waals surface area contributed by atoms with Crippen molar-refractivity contribution in [1.29, 1.82) is 0 Å². The first-order valence-electron chi connectivity index (χ1n) is 6.35. The summed E-state index contributed by atoms with van der Waals surface area (Å²) in [7, 11) is 0. The molecule has 0 unspecified atom stereocenters. The van der Waals surface area contributed by atoms with Crippen molar-refractivity contribution < 1.29 is 29.6 Å². The Morgan fingerprint density at radius 1 is 0.792 bits per heavy atom. The van der Waals surface area contributed by atoms with Crippen molar-refractivity contribution >= 4 is 22.9 Å². The Hall–Kier alpha value is -3.82. The van der Waals surface area contributed by atoms with Crippen LogP contribution in [0.2, 0.25) is 0 Å². The molecule has 24 heavy (non-hydrogen) atoms. The minimum atomic E-state index is -1.15. The van der Waals surface area contributed by atoms with Crippen LogP contribution >= 0.6 is 0 Å². The number of hydrogen-bond donors (Lipinski definition) is 2. The monoisotopic (exact) mass is 330 g/mol. The summed E-state index contributed by atoms with van der Waals surface area (Å²) in [6, 6.07) is 3.80. The third-order valence-corrected chi connectivity index (χ3v) is 3.64. The molecule has 0 aliphatic heterocycles. The number of fused-ring (bicyclic) bond motifs is 2. The van der Waals surface area contributed by atoms with E-state index in [1.54, 1.807) is 0 Å². The van der Waals surface area contributed by atoms with Crippen molar-refractivity contribution in [2.45, 2.75) is 0 Å². The quantitative estimate of drug-likeness (QED) is 0.407. The van der Waals surface area contributed by atoms with Gasteiger partial charge in [0, 0.05) is 17.2 Å². The number of benzene rings is 2. The van der Waals surface area contributed by atoms with Gasteiger partial charge in [0.1, 0.15) is 5.56 Å². The number of aromatic hydroxyl groups is 2. The Balaban J connectivity index is 2.44. The number of hydrogen-bond acceptors (Lipinski definition) is 8. The van der Waals surface area contributed by atoms with Crippen molar-refractivity contribution in [1.82, 2.24) is 0 Å². The molecule has 3 rings (SSSR count). The van der Waals surface area contributed by atoms with Gasteiger partial charge in [-0.1, -0.05) is 0 Å². The molecular weight excluding hydrogens is 324 g/mol. The number of rotatable bonds is 2. The van der Waals surface area contributed by atoms with E-state index < -0.39 is 55.4 Å². The smallest absolute Gasteiger partial charge is 0.357 e. The predicted octanol–water partition coefficient (Wildman–Crippen LogP) is 1.69. The Morgan fingerprint density at radius 3 is 1.96 bits per heavy atom. The van der Waals surface area contributed by atoms with Gasteiger partial charge in [-0.25, -0.2) is 0 Å². The number of phenolic OH excluding ortho intramolecular Hbond substituents is 2. The highest BCUT2D eigenvalue weighted by Crippen LogP contribution is 2.43. The van der Waals surface area contributed by atoms with Crippen LogP contribution in [-0.2, 0) is 0 Å². The molecule has 10 nitrogen and oxygen atoms in total. The SMILES string of the molecule is O=C1c2ccc(O)c(O)c2C(=O)c2c1ccc([N+](=O)[O-])c2[N+](=O)[O-]. The van der Waals surface area contributed by atoms with E-state index in [-0.39, 0.29) is 11.1 Å². The van der Waals surface area contributed by atoms with E-state index in [9.17, 15) is 40.0 Å². The zero-order chi connectivity index (χ0) is 17.8. The molecule has 0 spiro atoms. The Labute approximate surface area is 131 Å². The molecule has 1 aliphatic carbocycles. The fourth-order valence-electron chi connectivity index (χ4n) is 2.60. The van der Waals surface area contributed by atoms with E-state index in [4.69, 9.17) is 0 Å². The molecule has 0 saturated carbocycles. The van der Waals surface area contributed by atoms with Crippen LogP contribution in [0, 0.1) is 20.2 Å². The number of nitro benzene ring substituents is 2. The third-order valence-electron chi connectivity index (χ3n) is 3.64. The second-order valence-electron chi connectivity index (χ2n) is 4.88. The summed E-state index contributed by atoms with van der Waals surface area (Å²) in [4.78, 5) is 45.1. The molecule has 2 N–H and O–H groups in total. The lowest BCUT2D eigenvalue weighted by Crippen LogP contribution is -2.23. The van der Waals surface area contributed by atoms with Gasteiger partial charge in [-0.15, -0.1) is 0 Å². The van der Waals surface area contributed by atoms with Crippen LogP contribution in [0.25, 0.3) is 0 Å². The number of carbonyl (C=O) groups excluding carboxylic acids is 2. The Morgan fingerprint density at radius 2 is 1.38 bits per heavy atom. The lowest BCUT2D eigenvalue weighted by Gasteiger charge is -2.18. The lowest BCUT2D eigenvalue weighted by molar-refractivity contribution is -0.422. The molecular formula is C14H6N2O8. The van der Waals surface area contributed by atoms with Gasteiger partial charge in [0.2, 0.25) is 5.78 Å². The fraction of sp³-hybridized carbons (Fsp3) is 0. The molecule has 0 radical (unpaired) electrons. The van der Waals surface area contributed by atoms with Crippen LogP contribution in [0.4, 0.5) is 11.4 Å². The van der Waals surface area contributed by atoms with Gasteiger partial charge < -0.3 is 10.2 Å². The van der Waals surface area contributed by atoms with Gasteiger partial charge in [0.25, 0.3) is 0 Å². The van der Waals surface area contributed by atoms with Crippen LogP contribution in [0.5, 0.6) is 11.5 Å². The molecule has 10 heteroatoms. The third kappa shape index (κ3) is 1.83. The van der Waals surface area contributed by atoms with Crippen LogP contribution in [0.15, 0.2) is 24.3 Å². The van der Waals surface area contributed by atoms with E-state index in [1.807, 2.05) is 0 Å². The van der Waals surface area contributed by atoms with Crippen LogP contribution in [0.3, 0.4) is 0 Å². The molecule has 0 atom stereocenters. The van der Waals surface area contributed by atoms with Crippen molar-refractivity contribution in [2.24, 2.45) is 0 Å². The van der Waals surface area contributed by atoms with E-state index in [0.29, 0.717) is 0 Å². The van der Waals surface area contributed by atoms with Crippen LogP contribution < -0.4 is 0 Å². The molecule has 0 amide bonds. The molecule has 0 heterocycles. The molecule has 0 saturated heterocycles. The van der Waals surface area contributed by atoms with Crippen molar-refractivity contribution in [3.8, 4) is 11.5 Å². The van der Waals surface area contributed by atoms with Gasteiger partial charge >= 0.3 is 11.4 Å². The maximum atomic E-state index is 12.6. The second kappa shape index (κ2) is 4.84. The zero-order valence-corrected chi connectivity index (χ0v) is 11.5. The zero-order valence-electron chi connectivity index (χ0n) is 11.5. The molecule has 0 fully saturated rings. The standard InChI is InChI=1S/C14H6N2O8/c17-8-4-2-6-10(13(8)19)14(20)9-5(12(6)18)1-3-7(15(21)22)11(9)16(23)24/h1-4,17,19H. The second-order valence-corrected chi connectivity index (χ2v) is 4.88. The molecule has 0 aromatic heterocycles. The lowest BCUT2D eigenvalue weighted by atomic mass is 9.82. The highest BCUT2D eigenvalue weighted by molar-refractivity contribution is 6.31. The van der Waals surface area contributed by atoms with Crippen molar-refractivity contribution in [2.75, 3.05) is 0 Å². The molecule has 0 bridgehead atoms. The highest BCUT2D eigenvalue weighted by atomic mass is 16.6. The topological polar surface area (TPSA) is 161 Å². The number of phenols is 2. The van der Waals surface area contributed by atoms with Crippen LogP contribution in [0.1, 0.15) is 31.8 Å². The van der Waals surface area contributed by atoms with Gasteiger partial charge in [-0.05, 0) is 18.2 Å². The highest BCUT2D eigenvalue weighted by Gasteiger charge is 2.42. The first kappa shape index (κ1) is 15.1. The summed E-state index contributed by atoms with van der Waals surface area (Å²) in [5.41, 5.74) is -4.14. The molecule has 2 aromatic carbocycles. The fourth-order valence-corrected chi connectivity index (χ4v) is 2.60. The van der Waals surface area contributed by atoms with Gasteiger partial charge in [-0.3, -0.25) is 29.8 Å². The van der Waals surface area contributed by atoms with Gasteiger partial charge in [-0.2, -0.15) is 0 Å². The Kier molecular flexibility index (Phi) is 3.04. The average molecular weight is 330 g/mol. The van der Waals surface area contributed by atoms with Crippen molar-refractivity contribution in [3.63, 3.8) is 0 Å². The van der Waals surface area contributed by atoms with E-state index >= 15 is 0 Å². The van der Waals surface area contributed by atoms with E-state index in [2.05, 4.69) is 0 Å². The summed E-state index contributed by atoms with van der Waals surface area (Å²) in [5.74, 6) is -3.60. The van der Waals surface area contributed by atoms with Gasteiger partial charge in [0.15, 0.2) is 17.3 Å². The largest absolute Gasteiger partial charge is 0.504 e. The summed E-state index contributed by atoms with van der Waals surface area (Å²) in [5, 5.41) is 41.6. The van der Waals surface area contributed by atoms with E-state index in [1.165, 1.54) is 0 Å². The molecule has 120 valence electrons. The van der Waals surface area contributed by atoms with Gasteiger partial charge in [0.05, 0.1) is 15.4 Å². The predicted molar refractivity (Wildman–Crippen MR) is 76.4 cm³/mol. The number of ketones is 2. The first-order chi connectivity index (χ1) is 11.3. The number of nitro groups is 2. The Bertz CT molecular complexity index is 979. The molecule has 2 aromatic rings. The summed E-state index contributed by atoms with van der Waals surface area (Å²) < 4.78 is 0. The summed E-state index contributed by atoms with van der Waals surface area (Å²) >= 11 is 0. The van der Waals surface area contributed by atoms with Crippen molar-refractivity contribution in [3.05, 3.63) is 66.7 Å². The summed E-state index contributed by atoms with van der Waals surface area (Å²) in [6.07, 6.45) is 0. The number of carbonyl (C=O) groups is 2. The minimum absolute atomic E-state index is 0.258. The molecule has 1 aliphatic rings. The maximum Gasteiger partial charge on any atom is 0.357 e. The summed E-state index contributed by atoms with van der Waals surface area (Å²) in [6.45, 7) is 0. The number of nitrogens with zero attached hydrogens (tertiary/aromatic N) is 2. The maximum absolute atomic E-state index is 12.6. The van der Waals surface area contributed by atoms with Crippen LogP contribution in [-0.4, -0.2) is 31.6 Å².